The third-order valence-corrected chi connectivity index (χ3v) is 2.55. The Morgan fingerprint density at radius 2 is 1.75 bits per heavy atom. The normalized spacial score (nSPS) is 10.6. The second-order valence-electron chi connectivity index (χ2n) is 4.69. The van der Waals surface area contributed by atoms with Crippen LogP contribution in [0, 0.1) is 0 Å². The predicted octanol–water partition coefficient (Wildman–Crippen LogP) is 4.53. The van der Waals surface area contributed by atoms with Crippen LogP contribution in [0.3, 0.4) is 0 Å². The molecule has 0 amide bonds. The van der Waals surface area contributed by atoms with Gasteiger partial charge in [0.25, 0.3) is 0 Å². The molecule has 0 aromatic heterocycles. The second kappa shape index (κ2) is 8.20. The molecule has 0 heterocycles. The summed E-state index contributed by atoms with van der Waals surface area (Å²) in [5.41, 5.74) is 3.77. The lowest BCUT2D eigenvalue weighted by Gasteiger charge is -2.22. The Labute approximate surface area is 102 Å². The van der Waals surface area contributed by atoms with Gasteiger partial charge in [0.1, 0.15) is 0 Å². The number of hydrogen-bond acceptors (Lipinski definition) is 1. The first kappa shape index (κ1) is 15.0. The van der Waals surface area contributed by atoms with E-state index in [-0.39, 0.29) is 0 Å². The Morgan fingerprint density at radius 1 is 1.12 bits per heavy atom. The summed E-state index contributed by atoms with van der Waals surface area (Å²) in [5.74, 6) is 0. The minimum Gasteiger partial charge on any atom is -0.375 e. The summed E-state index contributed by atoms with van der Waals surface area (Å²) in [5, 5.41) is 0. The number of nitrogens with zero attached hydrogens (tertiary/aromatic N) is 1. The van der Waals surface area contributed by atoms with Crippen LogP contribution >= 0.6 is 0 Å². The molecule has 0 aliphatic heterocycles. The van der Waals surface area contributed by atoms with Crippen molar-refractivity contribution in [2.75, 3.05) is 13.6 Å². The minimum absolute atomic E-state index is 1.10. The molecule has 0 radical (unpaired) electrons. The Hall–Kier alpha value is -0.980. The number of likely N-dealkylation sites (N-methyl/N-ethyl adjacent to an activating group) is 1. The smallest absolute Gasteiger partial charge is 0.0349 e. The van der Waals surface area contributed by atoms with Crippen molar-refractivity contribution in [3.05, 3.63) is 35.6 Å². The summed E-state index contributed by atoms with van der Waals surface area (Å²) in [6.07, 6.45) is 8.11. The van der Waals surface area contributed by atoms with Gasteiger partial charge in [-0.2, -0.15) is 0 Å². The van der Waals surface area contributed by atoms with Gasteiger partial charge in [0.05, 0.1) is 0 Å². The molecular weight excluding hydrogens is 194 g/mol. The highest BCUT2D eigenvalue weighted by atomic mass is 15.1. The topological polar surface area (TPSA) is 3.24 Å². The first-order valence-corrected chi connectivity index (χ1v) is 6.21. The Morgan fingerprint density at radius 3 is 2.19 bits per heavy atom. The van der Waals surface area contributed by atoms with Crippen molar-refractivity contribution in [2.24, 2.45) is 0 Å². The molecule has 0 atom stereocenters. The molecule has 0 saturated heterocycles. The third kappa shape index (κ3) is 6.49. The summed E-state index contributed by atoms with van der Waals surface area (Å²) in [7, 11) is 2.17. The minimum atomic E-state index is 1.10. The molecule has 0 bridgehead atoms. The molecule has 0 aromatic rings. The van der Waals surface area contributed by atoms with Gasteiger partial charge in [-0.3, -0.25) is 0 Å². The number of allylic oxidation sites excluding steroid dienone is 4. The second-order valence-corrected chi connectivity index (χ2v) is 4.69. The Kier molecular flexibility index (Phi) is 7.70. The van der Waals surface area contributed by atoms with E-state index in [4.69, 9.17) is 0 Å². The van der Waals surface area contributed by atoms with Crippen molar-refractivity contribution in [3.63, 3.8) is 0 Å². The van der Waals surface area contributed by atoms with E-state index in [1.165, 1.54) is 30.5 Å². The number of hydrogen-bond donors (Lipinski definition) is 0. The van der Waals surface area contributed by atoms with Crippen molar-refractivity contribution < 1.29 is 0 Å². The maximum Gasteiger partial charge on any atom is 0.0349 e. The van der Waals surface area contributed by atoms with Crippen LogP contribution in [0.1, 0.15) is 47.0 Å². The van der Waals surface area contributed by atoms with Gasteiger partial charge in [-0.25, -0.2) is 0 Å². The Bertz CT molecular complexity index is 267. The van der Waals surface area contributed by atoms with E-state index in [1.54, 1.807) is 0 Å². The van der Waals surface area contributed by atoms with Gasteiger partial charge in [0, 0.05) is 19.3 Å². The molecule has 0 fully saturated rings. The van der Waals surface area contributed by atoms with Crippen LogP contribution in [-0.4, -0.2) is 18.5 Å². The fraction of sp³-hybridized carbons (Fsp3) is 0.600. The zero-order valence-electron chi connectivity index (χ0n) is 11.6. The molecule has 0 aliphatic rings. The maximum absolute atomic E-state index is 3.89. The quantitative estimate of drug-likeness (QED) is 0.451. The highest BCUT2D eigenvalue weighted by Gasteiger charge is 2.02. The molecule has 1 nitrogen and oxygen atoms in total. The van der Waals surface area contributed by atoms with Gasteiger partial charge < -0.3 is 4.90 Å². The van der Waals surface area contributed by atoms with Crippen molar-refractivity contribution in [2.45, 2.75) is 47.0 Å². The molecule has 0 saturated carbocycles. The third-order valence-electron chi connectivity index (χ3n) is 2.55. The molecule has 1 heteroatoms. The van der Waals surface area contributed by atoms with Gasteiger partial charge in [-0.05, 0) is 33.3 Å². The Balaban J connectivity index is 4.44. The first-order valence-electron chi connectivity index (χ1n) is 6.21. The van der Waals surface area contributed by atoms with Crippen LogP contribution in [0.25, 0.3) is 0 Å². The van der Waals surface area contributed by atoms with E-state index < -0.39 is 0 Å². The largest absolute Gasteiger partial charge is 0.375 e. The lowest BCUT2D eigenvalue weighted by molar-refractivity contribution is 0.409. The average Bonchev–Trinajstić information content (AvgIpc) is 2.17. The highest BCUT2D eigenvalue weighted by Crippen LogP contribution is 2.12. The molecule has 0 N–H and O–H groups in total. The first-order chi connectivity index (χ1) is 7.49. The van der Waals surface area contributed by atoms with E-state index in [1.807, 2.05) is 6.92 Å². The summed E-state index contributed by atoms with van der Waals surface area (Å²) in [4.78, 5) is 2.34. The zero-order chi connectivity index (χ0) is 12.6. The van der Waals surface area contributed by atoms with Gasteiger partial charge in [0.15, 0.2) is 0 Å². The van der Waals surface area contributed by atoms with Crippen molar-refractivity contribution >= 4 is 0 Å². The van der Waals surface area contributed by atoms with E-state index in [0.29, 0.717) is 0 Å². The van der Waals surface area contributed by atoms with E-state index >= 15 is 0 Å². The summed E-state index contributed by atoms with van der Waals surface area (Å²) < 4.78 is 0. The van der Waals surface area contributed by atoms with Crippen LogP contribution < -0.4 is 0 Å². The number of unbranched alkanes of at least 4 members (excludes halogenated alkanes) is 2. The van der Waals surface area contributed by atoms with Crippen LogP contribution in [0.2, 0.25) is 0 Å². The van der Waals surface area contributed by atoms with Crippen molar-refractivity contribution in [1.82, 2.24) is 4.90 Å². The average molecular weight is 221 g/mol. The summed E-state index contributed by atoms with van der Waals surface area (Å²) in [6.45, 7) is 13.6. The van der Waals surface area contributed by atoms with Gasteiger partial charge in [-0.1, -0.05) is 43.6 Å². The predicted molar refractivity (Wildman–Crippen MR) is 74.5 cm³/mol. The van der Waals surface area contributed by atoms with Crippen LogP contribution in [-0.2, 0) is 0 Å². The molecule has 0 rings (SSSR count). The molecular formula is C15H27N. The van der Waals surface area contributed by atoms with Crippen LogP contribution in [0.5, 0.6) is 0 Å². The molecule has 0 spiro atoms. The molecule has 0 aromatic carbocycles. The summed E-state index contributed by atoms with van der Waals surface area (Å²) >= 11 is 0. The lowest BCUT2D eigenvalue weighted by Crippen LogP contribution is -2.19. The summed E-state index contributed by atoms with van der Waals surface area (Å²) in [6, 6.07) is 0. The van der Waals surface area contributed by atoms with Crippen molar-refractivity contribution in [3.8, 4) is 0 Å². The molecule has 16 heavy (non-hydrogen) atoms. The molecule has 0 aliphatic carbocycles. The van der Waals surface area contributed by atoms with Crippen molar-refractivity contribution in [1.29, 1.82) is 0 Å². The van der Waals surface area contributed by atoms with Gasteiger partial charge in [-0.15, -0.1) is 0 Å². The highest BCUT2D eigenvalue weighted by molar-refractivity contribution is 5.27. The zero-order valence-corrected chi connectivity index (χ0v) is 11.6. The van der Waals surface area contributed by atoms with E-state index in [9.17, 15) is 0 Å². The monoisotopic (exact) mass is 221 g/mol. The molecule has 92 valence electrons. The van der Waals surface area contributed by atoms with E-state index in [0.717, 1.165) is 12.1 Å². The molecule has 0 unspecified atom stereocenters. The fourth-order valence-corrected chi connectivity index (χ4v) is 1.62. The van der Waals surface area contributed by atoms with Gasteiger partial charge >= 0.3 is 0 Å². The van der Waals surface area contributed by atoms with E-state index in [2.05, 4.69) is 51.4 Å². The maximum atomic E-state index is 3.89. The van der Waals surface area contributed by atoms with Gasteiger partial charge in [0.2, 0.25) is 0 Å². The number of rotatable bonds is 7. The lowest BCUT2D eigenvalue weighted by atomic mass is 10.1. The SMILES string of the molecule is C=C(C)/C=C\C(=C(C)C)N(C)CCCCC. The standard InChI is InChI=1S/C15H27N/c1-7-8-9-12-16(6)15(14(4)5)11-10-13(2)3/h10-11H,2,7-9,12H2,1,3-6H3/b11-10-. The fourth-order valence-electron chi connectivity index (χ4n) is 1.62. The van der Waals surface area contributed by atoms with Crippen LogP contribution in [0.4, 0.5) is 0 Å². The van der Waals surface area contributed by atoms with Crippen LogP contribution in [0.15, 0.2) is 35.6 Å².